The lowest BCUT2D eigenvalue weighted by atomic mass is 9.87. The molecular weight excluding hydrogens is 915 g/mol. The van der Waals surface area contributed by atoms with Crippen LogP contribution in [0.3, 0.4) is 0 Å². The molecule has 0 saturated carbocycles. The van der Waals surface area contributed by atoms with Crippen LogP contribution < -0.4 is 35.9 Å². The molecule has 0 spiro atoms. The van der Waals surface area contributed by atoms with Crippen molar-refractivity contribution >= 4 is 69.1 Å². The molecule has 3 rings (SSSR count). The van der Waals surface area contributed by atoms with E-state index in [4.69, 9.17) is 10.5 Å². The largest absolute Gasteiger partial charge is 0.790 e. The van der Waals surface area contributed by atoms with Gasteiger partial charge in [-0.3, -0.25) is 28.1 Å². The van der Waals surface area contributed by atoms with Crippen LogP contribution in [0, 0.1) is 5.41 Å². The molecule has 3 heterocycles. The number of phosphoric acid groups is 3. The van der Waals surface area contributed by atoms with E-state index in [1.165, 1.54) is 45.6 Å². The summed E-state index contributed by atoms with van der Waals surface area (Å²) in [7, 11) is -17.6. The van der Waals surface area contributed by atoms with Gasteiger partial charge >= 0.3 is 0 Å². The van der Waals surface area contributed by atoms with Gasteiger partial charge in [0.15, 0.2) is 17.7 Å². The molecule has 0 aromatic carbocycles. The number of nitrogens with one attached hydrogen (secondary N) is 2. The molecule has 6 N–H and O–H groups in total. The van der Waals surface area contributed by atoms with Crippen LogP contribution in [-0.2, 0) is 50.7 Å². The predicted octanol–water partition coefficient (Wildman–Crippen LogP) is 0.166. The fraction of sp³-hybridized carbons (Fsp3) is 0.600. The number of carbonyl (C=O) groups is 3. The number of amides is 2. The van der Waals surface area contributed by atoms with Gasteiger partial charge < -0.3 is 69.0 Å². The maximum absolute atomic E-state index is 12.6. The molecular formula is C35H52N7O17P3S-4. The van der Waals surface area contributed by atoms with Crippen molar-refractivity contribution in [3.05, 3.63) is 49.1 Å². The van der Waals surface area contributed by atoms with E-state index in [0.717, 1.165) is 35.4 Å². The lowest BCUT2D eigenvalue weighted by Crippen LogP contribution is -2.46. The monoisotopic (exact) mass is 967 g/mol. The zero-order chi connectivity index (χ0) is 46.8. The van der Waals surface area contributed by atoms with E-state index < -0.39 is 84.6 Å². The molecule has 0 radical (unpaired) electrons. The summed E-state index contributed by atoms with van der Waals surface area (Å²) < 4.78 is 60.7. The van der Waals surface area contributed by atoms with Gasteiger partial charge in [0.25, 0.3) is 15.6 Å². The standard InChI is InChI=1S/C35H56N7O17P3S/c1-4-5-6-7-8-9-10-11-12-13-14-15-26(44)63-19-18-37-25(43)16-17-38-33(47)30(46)35(2,3)21-56-62(53,54)59-61(51,52)55-20-24-29(58-60(48,49)50)28(45)34(57-24)42-23-41-27-31(36)39-22-40-32(27)42/h9-12,14-15,22-24,28-30,34,45-46H,4-8,13,16-21H2,1-3H3,(H,37,43)(H,38,47)(H,51,52)(H,53,54)(H2,36,39,40)(H2,48,49,50)/p-4/b10-9+,12-11-,15-14+/t24-,28-,29-,30+,34-/m1/s1. The normalized spacial score (nSPS) is 21.0. The Morgan fingerprint density at radius 1 is 1.02 bits per heavy atom. The molecule has 7 atom stereocenters. The Labute approximate surface area is 367 Å². The van der Waals surface area contributed by atoms with Crippen molar-refractivity contribution in [2.24, 2.45) is 5.41 Å². The van der Waals surface area contributed by atoms with Gasteiger partial charge in [0.05, 0.1) is 27.4 Å². The molecule has 24 nitrogen and oxygen atoms in total. The average molecular weight is 968 g/mol. The third-order valence-corrected chi connectivity index (χ3v) is 12.7. The predicted molar refractivity (Wildman–Crippen MR) is 219 cm³/mol. The topological polar surface area (TPSA) is 375 Å². The second-order valence-corrected chi connectivity index (χ2v) is 19.7. The molecule has 2 aromatic rings. The number of anilines is 1. The second-order valence-electron chi connectivity index (χ2n) is 14.5. The van der Waals surface area contributed by atoms with Crippen LogP contribution in [0.1, 0.15) is 71.9 Å². The highest BCUT2D eigenvalue weighted by atomic mass is 32.2. The second kappa shape index (κ2) is 25.5. The fourth-order valence-corrected chi connectivity index (χ4v) is 8.90. The number of aliphatic hydroxyl groups excluding tert-OH is 2. The van der Waals surface area contributed by atoms with Crippen LogP contribution in [0.25, 0.3) is 11.2 Å². The third-order valence-electron chi connectivity index (χ3n) is 8.86. The molecule has 1 fully saturated rings. The molecule has 2 amide bonds. The highest BCUT2D eigenvalue weighted by Crippen LogP contribution is 2.56. The van der Waals surface area contributed by atoms with Crippen molar-refractivity contribution in [3.8, 4) is 0 Å². The third kappa shape index (κ3) is 19.0. The summed E-state index contributed by atoms with van der Waals surface area (Å²) in [5.41, 5.74) is 4.07. The quantitative estimate of drug-likeness (QED) is 0.0328. The molecule has 63 heavy (non-hydrogen) atoms. The maximum Gasteiger partial charge on any atom is 0.274 e. The van der Waals surface area contributed by atoms with Crippen LogP contribution in [0.2, 0.25) is 0 Å². The summed E-state index contributed by atoms with van der Waals surface area (Å²) in [6.07, 6.45) is 10.0. The van der Waals surface area contributed by atoms with Gasteiger partial charge in [-0.1, -0.05) is 82.2 Å². The van der Waals surface area contributed by atoms with Crippen molar-refractivity contribution in [2.75, 3.05) is 37.8 Å². The van der Waals surface area contributed by atoms with Crippen LogP contribution >= 0.6 is 35.2 Å². The van der Waals surface area contributed by atoms with Gasteiger partial charge in [0.1, 0.15) is 36.3 Å². The van der Waals surface area contributed by atoms with E-state index in [-0.39, 0.29) is 41.6 Å². The Kier molecular flexibility index (Phi) is 21.9. The summed E-state index contributed by atoms with van der Waals surface area (Å²) in [5, 5.41) is 26.1. The van der Waals surface area contributed by atoms with Crippen molar-refractivity contribution in [1.29, 1.82) is 0 Å². The number of aliphatic hydroxyl groups is 2. The fourth-order valence-electron chi connectivity index (χ4n) is 5.57. The number of carbonyl (C=O) groups excluding carboxylic acids is 3. The Hall–Kier alpha value is -3.22. The van der Waals surface area contributed by atoms with Gasteiger partial charge in [-0.2, -0.15) is 0 Å². The summed E-state index contributed by atoms with van der Waals surface area (Å²) in [4.78, 5) is 96.4. The van der Waals surface area contributed by atoms with Crippen LogP contribution in [-0.4, -0.2) is 103 Å². The van der Waals surface area contributed by atoms with Crippen LogP contribution in [0.5, 0.6) is 0 Å². The van der Waals surface area contributed by atoms with Gasteiger partial charge in [0.2, 0.25) is 16.9 Å². The first-order valence-electron chi connectivity index (χ1n) is 19.5. The number of nitrogens with two attached hydrogens (primary N) is 1. The Morgan fingerprint density at radius 2 is 1.73 bits per heavy atom. The molecule has 354 valence electrons. The summed E-state index contributed by atoms with van der Waals surface area (Å²) >= 11 is 1.01. The summed E-state index contributed by atoms with van der Waals surface area (Å²) in [6, 6.07) is 0. The lowest BCUT2D eigenvalue weighted by molar-refractivity contribution is -0.347. The average Bonchev–Trinajstić information content (AvgIpc) is 3.76. The number of unbranched alkanes of at least 4 members (excludes halogenated alkanes) is 4. The number of nitrogens with zero attached hydrogens (tertiary/aromatic N) is 4. The van der Waals surface area contributed by atoms with Crippen LogP contribution in [0.4, 0.5) is 5.82 Å². The number of hydrogen-bond acceptors (Lipinski definition) is 22. The molecule has 1 saturated heterocycles. The number of fused-ring (bicyclic) bond motifs is 1. The maximum atomic E-state index is 12.6. The van der Waals surface area contributed by atoms with Crippen molar-refractivity contribution in [3.63, 3.8) is 0 Å². The van der Waals surface area contributed by atoms with E-state index in [1.807, 2.05) is 18.2 Å². The molecule has 2 unspecified atom stereocenters. The highest BCUT2D eigenvalue weighted by Gasteiger charge is 2.47. The minimum Gasteiger partial charge on any atom is -0.790 e. The molecule has 1 aliphatic heterocycles. The zero-order valence-corrected chi connectivity index (χ0v) is 38.1. The smallest absolute Gasteiger partial charge is 0.274 e. The minimum atomic E-state index is -5.92. The number of ether oxygens (including phenoxy) is 1. The number of rotatable bonds is 28. The summed E-state index contributed by atoms with van der Waals surface area (Å²) in [5.74, 6) is -1.26. The van der Waals surface area contributed by atoms with Gasteiger partial charge in [-0.05, 0) is 25.3 Å². The zero-order valence-electron chi connectivity index (χ0n) is 34.6. The van der Waals surface area contributed by atoms with E-state index >= 15 is 0 Å². The highest BCUT2D eigenvalue weighted by molar-refractivity contribution is 8.14. The van der Waals surface area contributed by atoms with Crippen molar-refractivity contribution in [1.82, 2.24) is 30.2 Å². The SMILES string of the molecule is CCCCCC/C=C/C=C\C/C=C/C(=O)SCCNC(=O)CCNC(=O)[C@H](O)C(C)(C)COP(=O)([O-])OP(=O)([O-])OC[C@H]1O[C@@H](n2cnc3c(N)ncnc32)[C@H](O)[C@@H]1OP(=O)([O-])[O-]. The molecule has 0 aliphatic carbocycles. The number of imidazole rings is 1. The Morgan fingerprint density at radius 3 is 2.44 bits per heavy atom. The summed E-state index contributed by atoms with van der Waals surface area (Å²) in [6.45, 7) is 2.23. The number of nitrogen functional groups attached to an aromatic ring is 1. The number of phosphoric ester groups is 3. The van der Waals surface area contributed by atoms with E-state index in [0.29, 0.717) is 12.2 Å². The lowest BCUT2D eigenvalue weighted by Gasteiger charge is -2.36. The van der Waals surface area contributed by atoms with E-state index in [9.17, 15) is 57.9 Å². The minimum absolute atomic E-state index is 0.0222. The Bertz CT molecular complexity index is 2070. The number of thioether (sulfide) groups is 1. The van der Waals surface area contributed by atoms with Gasteiger partial charge in [-0.15, -0.1) is 0 Å². The van der Waals surface area contributed by atoms with Crippen LogP contribution in [0.15, 0.2) is 49.1 Å². The number of aromatic nitrogens is 4. The van der Waals surface area contributed by atoms with Gasteiger partial charge in [-0.25, -0.2) is 19.3 Å². The molecule has 28 heteroatoms. The molecule has 0 bridgehead atoms. The van der Waals surface area contributed by atoms with Crippen molar-refractivity contribution < 1.29 is 80.5 Å². The molecule has 1 aliphatic rings. The first-order valence-corrected chi connectivity index (χ1v) is 24.9. The van der Waals surface area contributed by atoms with E-state index in [2.05, 4.69) is 56.5 Å². The molecule has 2 aromatic heterocycles. The number of hydrogen-bond donors (Lipinski definition) is 5. The van der Waals surface area contributed by atoms with E-state index in [1.54, 1.807) is 6.08 Å². The first-order chi connectivity index (χ1) is 29.6. The number of allylic oxidation sites excluding steroid dienone is 5. The first kappa shape index (κ1) is 54.1. The Balaban J connectivity index is 1.39. The van der Waals surface area contributed by atoms with Gasteiger partial charge in [0, 0.05) is 30.7 Å². The van der Waals surface area contributed by atoms with Crippen molar-refractivity contribution in [2.45, 2.75) is 96.4 Å².